The summed E-state index contributed by atoms with van der Waals surface area (Å²) in [6, 6.07) is 10.9. The zero-order valence-electron chi connectivity index (χ0n) is 15.9. The van der Waals surface area contributed by atoms with Gasteiger partial charge in [-0.15, -0.1) is 0 Å². The van der Waals surface area contributed by atoms with Crippen LogP contribution >= 0.6 is 0 Å². The van der Waals surface area contributed by atoms with Gasteiger partial charge in [0.15, 0.2) is 5.76 Å². The van der Waals surface area contributed by atoms with Gasteiger partial charge >= 0.3 is 0 Å². The number of furan rings is 1. The van der Waals surface area contributed by atoms with E-state index in [9.17, 15) is 4.79 Å². The monoisotopic (exact) mass is 369 g/mol. The standard InChI is InChI=1S/C20H23N3O4/c1-13-9-14(2)23(22-13)12-17-7-8-18(27-17)20(24)21-11-15-5-6-16(25-3)10-19(15)26-4/h5-10H,11-12H2,1-4H3,(H,21,24). The first-order valence-electron chi connectivity index (χ1n) is 8.59. The highest BCUT2D eigenvalue weighted by atomic mass is 16.5. The summed E-state index contributed by atoms with van der Waals surface area (Å²) in [7, 11) is 3.18. The zero-order chi connectivity index (χ0) is 19.4. The predicted octanol–water partition coefficient (Wildman–Crippen LogP) is 3.09. The van der Waals surface area contributed by atoms with Gasteiger partial charge in [0.05, 0.1) is 26.5 Å². The SMILES string of the molecule is COc1ccc(CNC(=O)c2ccc(Cn3nc(C)cc3C)o2)c(OC)c1. The molecule has 0 aliphatic carbocycles. The minimum absolute atomic E-state index is 0.263. The Morgan fingerprint density at radius 3 is 2.63 bits per heavy atom. The van der Waals surface area contributed by atoms with E-state index < -0.39 is 0 Å². The number of carbonyl (C=O) groups excluding carboxylic acids is 1. The minimum Gasteiger partial charge on any atom is -0.497 e. The lowest BCUT2D eigenvalue weighted by atomic mass is 10.2. The Labute approximate surface area is 157 Å². The first-order valence-corrected chi connectivity index (χ1v) is 8.59. The van der Waals surface area contributed by atoms with E-state index >= 15 is 0 Å². The molecular weight excluding hydrogens is 346 g/mol. The maximum Gasteiger partial charge on any atom is 0.287 e. The molecule has 2 heterocycles. The van der Waals surface area contributed by atoms with Crippen LogP contribution in [0.1, 0.15) is 33.3 Å². The summed E-state index contributed by atoms with van der Waals surface area (Å²) in [5, 5.41) is 7.24. The molecule has 0 saturated heterocycles. The van der Waals surface area contributed by atoms with Gasteiger partial charge in [-0.2, -0.15) is 5.10 Å². The van der Waals surface area contributed by atoms with Crippen LogP contribution in [0.3, 0.4) is 0 Å². The number of hydrogen-bond acceptors (Lipinski definition) is 5. The fourth-order valence-electron chi connectivity index (χ4n) is 2.83. The Kier molecular flexibility index (Phi) is 5.49. The predicted molar refractivity (Wildman–Crippen MR) is 100 cm³/mol. The maximum absolute atomic E-state index is 12.4. The number of carbonyl (C=O) groups is 1. The van der Waals surface area contributed by atoms with Crippen molar-refractivity contribution in [1.29, 1.82) is 0 Å². The quantitative estimate of drug-likeness (QED) is 0.692. The molecule has 0 saturated carbocycles. The Morgan fingerprint density at radius 1 is 1.15 bits per heavy atom. The molecule has 0 aliphatic heterocycles. The van der Waals surface area contributed by atoms with Crippen LogP contribution in [-0.4, -0.2) is 29.9 Å². The van der Waals surface area contributed by atoms with Crippen LogP contribution in [-0.2, 0) is 13.1 Å². The number of ether oxygens (including phenoxy) is 2. The van der Waals surface area contributed by atoms with Crippen molar-refractivity contribution < 1.29 is 18.7 Å². The van der Waals surface area contributed by atoms with Crippen molar-refractivity contribution in [1.82, 2.24) is 15.1 Å². The van der Waals surface area contributed by atoms with Crippen molar-refractivity contribution in [3.63, 3.8) is 0 Å². The Bertz CT molecular complexity index is 943. The van der Waals surface area contributed by atoms with E-state index in [2.05, 4.69) is 10.4 Å². The topological polar surface area (TPSA) is 78.5 Å². The summed E-state index contributed by atoms with van der Waals surface area (Å²) in [4.78, 5) is 12.4. The lowest BCUT2D eigenvalue weighted by molar-refractivity contribution is 0.0921. The normalized spacial score (nSPS) is 10.7. The fraction of sp³-hybridized carbons (Fsp3) is 0.300. The van der Waals surface area contributed by atoms with Crippen molar-refractivity contribution in [3.05, 3.63) is 64.9 Å². The molecule has 1 amide bonds. The molecule has 142 valence electrons. The third-order valence-corrected chi connectivity index (χ3v) is 4.23. The number of hydrogen-bond donors (Lipinski definition) is 1. The van der Waals surface area contributed by atoms with E-state index in [0.29, 0.717) is 30.3 Å². The number of aromatic nitrogens is 2. The molecule has 7 heteroatoms. The molecule has 0 fully saturated rings. The lowest BCUT2D eigenvalue weighted by Crippen LogP contribution is -2.22. The first-order chi connectivity index (χ1) is 13.0. The number of benzene rings is 1. The van der Waals surface area contributed by atoms with Crippen LogP contribution < -0.4 is 14.8 Å². The van der Waals surface area contributed by atoms with E-state index in [1.807, 2.05) is 36.7 Å². The molecule has 2 aromatic heterocycles. The third-order valence-electron chi connectivity index (χ3n) is 4.23. The van der Waals surface area contributed by atoms with Crippen LogP contribution in [0.4, 0.5) is 0 Å². The van der Waals surface area contributed by atoms with Gasteiger partial charge in [-0.3, -0.25) is 9.48 Å². The molecule has 27 heavy (non-hydrogen) atoms. The second-order valence-electron chi connectivity index (χ2n) is 6.21. The van der Waals surface area contributed by atoms with Crippen LogP contribution in [0.15, 0.2) is 40.8 Å². The van der Waals surface area contributed by atoms with Gasteiger partial charge in [0.1, 0.15) is 17.3 Å². The van der Waals surface area contributed by atoms with Gasteiger partial charge in [0.2, 0.25) is 0 Å². The molecule has 0 bridgehead atoms. The van der Waals surface area contributed by atoms with Gasteiger partial charge in [-0.25, -0.2) is 0 Å². The van der Waals surface area contributed by atoms with E-state index in [-0.39, 0.29) is 11.7 Å². The molecule has 0 radical (unpaired) electrons. The highest BCUT2D eigenvalue weighted by Gasteiger charge is 2.13. The van der Waals surface area contributed by atoms with Crippen LogP contribution in [0, 0.1) is 13.8 Å². The minimum atomic E-state index is -0.285. The van der Waals surface area contributed by atoms with Gasteiger partial charge < -0.3 is 19.2 Å². The molecular formula is C20H23N3O4. The summed E-state index contributed by atoms with van der Waals surface area (Å²) in [5.74, 6) is 2.00. The molecule has 0 unspecified atom stereocenters. The molecule has 0 atom stereocenters. The van der Waals surface area contributed by atoms with Gasteiger partial charge in [0, 0.05) is 23.9 Å². The van der Waals surface area contributed by atoms with Crippen molar-refractivity contribution in [2.45, 2.75) is 26.9 Å². The number of amides is 1. The average molecular weight is 369 g/mol. The second kappa shape index (κ2) is 7.99. The van der Waals surface area contributed by atoms with Crippen molar-refractivity contribution in [2.75, 3.05) is 14.2 Å². The van der Waals surface area contributed by atoms with E-state index in [1.54, 1.807) is 32.4 Å². The number of nitrogens with one attached hydrogen (secondary N) is 1. The van der Waals surface area contributed by atoms with E-state index in [0.717, 1.165) is 17.0 Å². The number of nitrogens with zero attached hydrogens (tertiary/aromatic N) is 2. The van der Waals surface area contributed by atoms with Crippen molar-refractivity contribution in [3.8, 4) is 11.5 Å². The summed E-state index contributed by atoms with van der Waals surface area (Å²) in [6.45, 7) is 4.73. The van der Waals surface area contributed by atoms with Crippen LogP contribution in [0.2, 0.25) is 0 Å². The summed E-state index contributed by atoms with van der Waals surface area (Å²) in [6.07, 6.45) is 0. The molecule has 7 nitrogen and oxygen atoms in total. The summed E-state index contributed by atoms with van der Waals surface area (Å²) >= 11 is 0. The largest absolute Gasteiger partial charge is 0.497 e. The van der Waals surface area contributed by atoms with Gasteiger partial charge in [-0.05, 0) is 44.2 Å². The average Bonchev–Trinajstić information content (AvgIpc) is 3.26. The smallest absolute Gasteiger partial charge is 0.287 e. The van der Waals surface area contributed by atoms with E-state index in [1.165, 1.54) is 0 Å². The van der Waals surface area contributed by atoms with Gasteiger partial charge in [-0.1, -0.05) is 0 Å². The van der Waals surface area contributed by atoms with Crippen molar-refractivity contribution >= 4 is 5.91 Å². The molecule has 3 rings (SSSR count). The number of aryl methyl sites for hydroxylation is 2. The Morgan fingerprint density at radius 2 is 1.96 bits per heavy atom. The van der Waals surface area contributed by atoms with E-state index in [4.69, 9.17) is 13.9 Å². The molecule has 1 aromatic carbocycles. The summed E-state index contributed by atoms with van der Waals surface area (Å²) in [5.41, 5.74) is 2.84. The molecule has 0 spiro atoms. The number of methoxy groups -OCH3 is 2. The fourth-order valence-corrected chi connectivity index (χ4v) is 2.83. The maximum atomic E-state index is 12.4. The van der Waals surface area contributed by atoms with Crippen LogP contribution in [0.5, 0.6) is 11.5 Å². The zero-order valence-corrected chi connectivity index (χ0v) is 15.9. The molecule has 1 N–H and O–H groups in total. The third kappa shape index (κ3) is 4.31. The Hall–Kier alpha value is -3.22. The first kappa shape index (κ1) is 18.6. The molecule has 0 aliphatic rings. The highest BCUT2D eigenvalue weighted by molar-refractivity contribution is 5.91. The highest BCUT2D eigenvalue weighted by Crippen LogP contribution is 2.24. The summed E-state index contributed by atoms with van der Waals surface area (Å²) < 4.78 is 18.0. The number of rotatable bonds is 7. The second-order valence-corrected chi connectivity index (χ2v) is 6.21. The lowest BCUT2D eigenvalue weighted by Gasteiger charge is -2.10. The van der Waals surface area contributed by atoms with Crippen molar-refractivity contribution in [2.24, 2.45) is 0 Å². The van der Waals surface area contributed by atoms with Gasteiger partial charge in [0.25, 0.3) is 5.91 Å². The Balaban J connectivity index is 1.64. The molecule has 3 aromatic rings. The van der Waals surface area contributed by atoms with Crippen LogP contribution in [0.25, 0.3) is 0 Å².